The van der Waals surface area contributed by atoms with E-state index in [-0.39, 0.29) is 6.03 Å². The van der Waals surface area contributed by atoms with E-state index in [0.717, 1.165) is 6.42 Å². The van der Waals surface area contributed by atoms with Crippen molar-refractivity contribution in [3.05, 3.63) is 0 Å². The lowest BCUT2D eigenvalue weighted by Gasteiger charge is -2.26. The van der Waals surface area contributed by atoms with Crippen LogP contribution in [0.5, 0.6) is 0 Å². The summed E-state index contributed by atoms with van der Waals surface area (Å²) < 4.78 is 0. The van der Waals surface area contributed by atoms with E-state index in [2.05, 4.69) is 0 Å². The molecule has 1 aliphatic heterocycles. The first-order chi connectivity index (χ1) is 6.57. The molecule has 1 fully saturated rings. The third kappa shape index (κ3) is 1.97. The highest BCUT2D eigenvalue weighted by Gasteiger charge is 2.34. The monoisotopic (exact) mass is 200 g/mol. The lowest BCUT2D eigenvalue weighted by Crippen LogP contribution is -2.46. The molecule has 0 aliphatic carbocycles. The van der Waals surface area contributed by atoms with Crippen molar-refractivity contribution in [1.82, 2.24) is 9.80 Å². The number of likely N-dealkylation sites (tertiary alicyclic amines) is 1. The van der Waals surface area contributed by atoms with E-state index in [1.54, 1.807) is 7.05 Å². The van der Waals surface area contributed by atoms with Crippen LogP contribution in [0.25, 0.3) is 0 Å². The van der Waals surface area contributed by atoms with Crippen molar-refractivity contribution >= 4 is 12.0 Å². The first kappa shape index (κ1) is 10.8. The van der Waals surface area contributed by atoms with Crippen LogP contribution in [0, 0.1) is 0 Å². The normalized spacial score (nSPS) is 21.0. The smallest absolute Gasteiger partial charge is 0.326 e. The molecule has 80 valence electrons. The second-order valence-corrected chi connectivity index (χ2v) is 3.49. The van der Waals surface area contributed by atoms with Crippen molar-refractivity contribution in [1.29, 1.82) is 0 Å². The van der Waals surface area contributed by atoms with Crippen LogP contribution < -0.4 is 0 Å². The van der Waals surface area contributed by atoms with Gasteiger partial charge in [0.25, 0.3) is 0 Å². The summed E-state index contributed by atoms with van der Waals surface area (Å²) in [7, 11) is 1.68. The fraction of sp³-hybridized carbons (Fsp3) is 0.778. The van der Waals surface area contributed by atoms with Crippen molar-refractivity contribution < 1.29 is 14.7 Å². The van der Waals surface area contributed by atoms with Crippen molar-refractivity contribution in [3.63, 3.8) is 0 Å². The molecule has 14 heavy (non-hydrogen) atoms. The minimum absolute atomic E-state index is 0.183. The Bertz CT molecular complexity index is 242. The zero-order valence-electron chi connectivity index (χ0n) is 8.56. The molecule has 5 nitrogen and oxygen atoms in total. The molecule has 1 aliphatic rings. The summed E-state index contributed by atoms with van der Waals surface area (Å²) in [5.41, 5.74) is 0. The molecule has 0 saturated carbocycles. The molecule has 1 heterocycles. The molecular weight excluding hydrogens is 184 g/mol. The van der Waals surface area contributed by atoms with E-state index < -0.39 is 12.0 Å². The average Bonchev–Trinajstić information content (AvgIpc) is 2.63. The Hall–Kier alpha value is -1.26. The Morgan fingerprint density at radius 1 is 1.57 bits per heavy atom. The molecule has 1 saturated heterocycles. The number of hydrogen-bond acceptors (Lipinski definition) is 2. The number of carbonyl (C=O) groups excluding carboxylic acids is 1. The van der Waals surface area contributed by atoms with Gasteiger partial charge in [0.15, 0.2) is 0 Å². The lowest BCUT2D eigenvalue weighted by atomic mass is 10.2. The first-order valence-electron chi connectivity index (χ1n) is 4.82. The van der Waals surface area contributed by atoms with E-state index in [1.807, 2.05) is 6.92 Å². The summed E-state index contributed by atoms with van der Waals surface area (Å²) in [6.07, 6.45) is 1.35. The molecule has 2 amide bonds. The van der Waals surface area contributed by atoms with Gasteiger partial charge in [0.2, 0.25) is 0 Å². The predicted octanol–water partition coefficient (Wildman–Crippen LogP) is 0.607. The minimum atomic E-state index is -0.902. The van der Waals surface area contributed by atoms with E-state index in [1.165, 1.54) is 9.80 Å². The molecule has 5 heteroatoms. The number of carboxylic acid groups (broad SMARTS) is 1. The lowest BCUT2D eigenvalue weighted by molar-refractivity contribution is -0.141. The predicted molar refractivity (Wildman–Crippen MR) is 51.1 cm³/mol. The molecular formula is C9H16N2O3. The summed E-state index contributed by atoms with van der Waals surface area (Å²) >= 11 is 0. The number of hydrogen-bond donors (Lipinski definition) is 1. The maximum Gasteiger partial charge on any atom is 0.326 e. The molecule has 0 bridgehead atoms. The molecule has 0 aromatic heterocycles. The van der Waals surface area contributed by atoms with Gasteiger partial charge in [0, 0.05) is 20.1 Å². The van der Waals surface area contributed by atoms with Gasteiger partial charge >= 0.3 is 12.0 Å². The zero-order valence-corrected chi connectivity index (χ0v) is 8.56. The van der Waals surface area contributed by atoms with E-state index in [4.69, 9.17) is 5.11 Å². The van der Waals surface area contributed by atoms with E-state index in [9.17, 15) is 9.59 Å². The van der Waals surface area contributed by atoms with Crippen LogP contribution in [0.3, 0.4) is 0 Å². The summed E-state index contributed by atoms with van der Waals surface area (Å²) in [6, 6.07) is -0.811. The Kier molecular flexibility index (Phi) is 3.33. The highest BCUT2D eigenvalue weighted by atomic mass is 16.4. The molecule has 0 spiro atoms. The maximum absolute atomic E-state index is 11.7. The highest BCUT2D eigenvalue weighted by molar-refractivity contribution is 5.83. The minimum Gasteiger partial charge on any atom is -0.480 e. The molecule has 0 radical (unpaired) electrons. The van der Waals surface area contributed by atoms with Crippen molar-refractivity contribution in [2.45, 2.75) is 25.8 Å². The summed E-state index contributed by atoms with van der Waals surface area (Å²) in [6.45, 7) is 3.02. The van der Waals surface area contributed by atoms with Gasteiger partial charge in [-0.1, -0.05) is 0 Å². The molecule has 0 aromatic carbocycles. The van der Waals surface area contributed by atoms with Crippen LogP contribution in [0.1, 0.15) is 19.8 Å². The molecule has 1 N–H and O–H groups in total. The largest absolute Gasteiger partial charge is 0.480 e. The molecule has 0 aromatic rings. The van der Waals surface area contributed by atoms with Crippen LogP contribution in [0.4, 0.5) is 4.79 Å². The number of aliphatic carboxylic acids is 1. The second kappa shape index (κ2) is 4.30. The Labute approximate surface area is 83.3 Å². The third-order valence-corrected chi connectivity index (χ3v) is 2.58. The van der Waals surface area contributed by atoms with Gasteiger partial charge in [-0.2, -0.15) is 0 Å². The summed E-state index contributed by atoms with van der Waals surface area (Å²) in [5.74, 6) is -0.902. The number of rotatable bonds is 2. The summed E-state index contributed by atoms with van der Waals surface area (Å²) in [5, 5.41) is 8.87. The Morgan fingerprint density at radius 3 is 2.71 bits per heavy atom. The third-order valence-electron chi connectivity index (χ3n) is 2.58. The van der Waals surface area contributed by atoms with Gasteiger partial charge in [-0.05, 0) is 19.8 Å². The van der Waals surface area contributed by atoms with Crippen molar-refractivity contribution in [2.24, 2.45) is 0 Å². The van der Waals surface area contributed by atoms with Gasteiger partial charge in [0.05, 0.1) is 0 Å². The van der Waals surface area contributed by atoms with Crippen LogP contribution in [-0.2, 0) is 4.79 Å². The van der Waals surface area contributed by atoms with Gasteiger partial charge in [-0.3, -0.25) is 0 Å². The molecule has 0 unspecified atom stereocenters. The van der Waals surface area contributed by atoms with Crippen LogP contribution in [-0.4, -0.2) is 53.1 Å². The number of nitrogens with zero attached hydrogens (tertiary/aromatic N) is 2. The van der Waals surface area contributed by atoms with Gasteiger partial charge in [-0.25, -0.2) is 9.59 Å². The van der Waals surface area contributed by atoms with Gasteiger partial charge < -0.3 is 14.9 Å². The molecule has 1 atom stereocenters. The first-order valence-corrected chi connectivity index (χ1v) is 4.82. The average molecular weight is 200 g/mol. The molecule has 1 rings (SSSR count). The van der Waals surface area contributed by atoms with Crippen LogP contribution in [0.15, 0.2) is 0 Å². The van der Waals surface area contributed by atoms with E-state index in [0.29, 0.717) is 19.5 Å². The topological polar surface area (TPSA) is 60.9 Å². The fourth-order valence-electron chi connectivity index (χ4n) is 1.61. The zero-order chi connectivity index (χ0) is 10.7. The fourth-order valence-corrected chi connectivity index (χ4v) is 1.61. The Morgan fingerprint density at radius 2 is 2.21 bits per heavy atom. The summed E-state index contributed by atoms with van der Waals surface area (Å²) in [4.78, 5) is 25.5. The SMILES string of the molecule is CCN(C)C(=O)N1CCC[C@H]1C(=O)O. The number of amides is 2. The van der Waals surface area contributed by atoms with Gasteiger partial charge in [0.1, 0.15) is 6.04 Å². The van der Waals surface area contributed by atoms with E-state index >= 15 is 0 Å². The maximum atomic E-state index is 11.7. The number of urea groups is 1. The quantitative estimate of drug-likeness (QED) is 0.710. The number of carboxylic acids is 1. The standard InChI is InChI=1S/C9H16N2O3/c1-3-10(2)9(14)11-6-4-5-7(11)8(12)13/h7H,3-6H2,1-2H3,(H,12,13)/t7-/m0/s1. The van der Waals surface area contributed by atoms with Crippen molar-refractivity contribution in [2.75, 3.05) is 20.1 Å². The Balaban J connectivity index is 2.67. The second-order valence-electron chi connectivity index (χ2n) is 3.49. The van der Waals surface area contributed by atoms with Crippen molar-refractivity contribution in [3.8, 4) is 0 Å². The highest BCUT2D eigenvalue weighted by Crippen LogP contribution is 2.18. The van der Waals surface area contributed by atoms with Crippen LogP contribution in [0.2, 0.25) is 0 Å². The number of carbonyl (C=O) groups is 2. The van der Waals surface area contributed by atoms with Gasteiger partial charge in [-0.15, -0.1) is 0 Å². The van der Waals surface area contributed by atoms with Crippen LogP contribution >= 0.6 is 0 Å².